The van der Waals surface area contributed by atoms with Crippen molar-refractivity contribution in [2.45, 2.75) is 25.3 Å². The number of hydrogen-bond donors (Lipinski definition) is 0. The van der Waals surface area contributed by atoms with Gasteiger partial charge in [0.1, 0.15) is 11.5 Å². The lowest BCUT2D eigenvalue weighted by Gasteiger charge is -2.29. The van der Waals surface area contributed by atoms with Crippen LogP contribution < -0.4 is 9.47 Å². The number of fused-ring (bicyclic) bond motifs is 1. The molecule has 194 valence electrons. The van der Waals surface area contributed by atoms with E-state index in [0.717, 1.165) is 53.2 Å². The fraction of sp³-hybridized carbons (Fsp3) is 0.276. The molecule has 9 nitrogen and oxygen atoms in total. The van der Waals surface area contributed by atoms with Crippen LogP contribution in [-0.2, 0) is 9.53 Å². The Balaban J connectivity index is 1.44. The van der Waals surface area contributed by atoms with Gasteiger partial charge in [-0.3, -0.25) is 9.78 Å². The van der Waals surface area contributed by atoms with Gasteiger partial charge in [0.05, 0.1) is 32.2 Å². The molecule has 0 N–H and O–H groups in total. The number of aromatic nitrogens is 2. The van der Waals surface area contributed by atoms with Crippen LogP contribution in [0.2, 0.25) is 0 Å². The molecule has 2 aromatic carbocycles. The van der Waals surface area contributed by atoms with Gasteiger partial charge in [-0.2, -0.15) is 5.10 Å². The van der Waals surface area contributed by atoms with Gasteiger partial charge in [-0.15, -0.1) is 0 Å². The lowest BCUT2D eigenvalue weighted by molar-refractivity contribution is -0.137. The summed E-state index contributed by atoms with van der Waals surface area (Å²) in [7, 11) is 3.26. The summed E-state index contributed by atoms with van der Waals surface area (Å²) in [6.45, 7) is -0.455. The first kappa shape index (κ1) is 25.1. The van der Waals surface area contributed by atoms with E-state index in [2.05, 4.69) is 16.0 Å². The maximum atomic E-state index is 13.4. The molecule has 0 unspecified atom stereocenters. The van der Waals surface area contributed by atoms with Crippen molar-refractivity contribution in [1.82, 2.24) is 15.0 Å². The molecule has 1 saturated carbocycles. The molecular weight excluding hydrogens is 484 g/mol. The van der Waals surface area contributed by atoms with E-state index in [0.29, 0.717) is 0 Å². The molecule has 1 aromatic heterocycles. The van der Waals surface area contributed by atoms with Crippen LogP contribution in [-0.4, -0.2) is 53.4 Å². The van der Waals surface area contributed by atoms with E-state index >= 15 is 0 Å². The average Bonchev–Trinajstić information content (AvgIpc) is 3.37. The number of esters is 1. The molecule has 0 spiro atoms. The quantitative estimate of drug-likeness (QED) is 0.430. The molecule has 0 radical (unpaired) electrons. The van der Waals surface area contributed by atoms with Crippen LogP contribution >= 0.6 is 0 Å². The van der Waals surface area contributed by atoms with E-state index in [4.69, 9.17) is 19.3 Å². The number of rotatable bonds is 7. The Kier molecular flexibility index (Phi) is 7.44. The van der Waals surface area contributed by atoms with E-state index in [1.807, 2.05) is 48.5 Å². The van der Waals surface area contributed by atoms with Crippen molar-refractivity contribution in [1.29, 1.82) is 0 Å². The van der Waals surface area contributed by atoms with Crippen molar-refractivity contribution >= 4 is 23.7 Å². The highest BCUT2D eigenvalue weighted by Gasteiger charge is 2.43. The van der Waals surface area contributed by atoms with Gasteiger partial charge in [0.25, 0.3) is 5.91 Å². The van der Waals surface area contributed by atoms with Gasteiger partial charge in [0.15, 0.2) is 12.3 Å². The highest BCUT2D eigenvalue weighted by Crippen LogP contribution is 2.44. The van der Waals surface area contributed by atoms with E-state index < -0.39 is 18.5 Å². The van der Waals surface area contributed by atoms with Gasteiger partial charge in [0, 0.05) is 18.3 Å². The Morgan fingerprint density at radius 3 is 2.37 bits per heavy atom. The smallest absolute Gasteiger partial charge is 0.359 e. The van der Waals surface area contributed by atoms with Crippen molar-refractivity contribution in [3.63, 3.8) is 0 Å². The molecule has 0 bridgehead atoms. The molecule has 1 aliphatic heterocycles. The number of hydrazone groups is 1. The minimum atomic E-state index is -0.711. The first-order chi connectivity index (χ1) is 18.6. The standard InChI is InChI=1S/C29H28N4O5/c1-36-22-10-6-19(7-11-22)16-21-4-3-5-24-27(21)32-33(28(24)20-8-12-23(37-2)13-9-20)26(34)18-38-29(35)25-17-30-14-15-31-25/h6-17,24,28H,3-5,18H2,1-2H3/b21-16-/t24-,28+/m0/s1. The average molecular weight is 513 g/mol. The Bertz CT molecular complexity index is 1350. The van der Waals surface area contributed by atoms with E-state index in [9.17, 15) is 9.59 Å². The van der Waals surface area contributed by atoms with Crippen LogP contribution in [0.25, 0.3) is 6.08 Å². The van der Waals surface area contributed by atoms with E-state index in [1.54, 1.807) is 14.2 Å². The van der Waals surface area contributed by atoms with Gasteiger partial charge < -0.3 is 14.2 Å². The van der Waals surface area contributed by atoms with Crippen LogP contribution in [0.3, 0.4) is 0 Å². The number of benzene rings is 2. The zero-order valence-corrected chi connectivity index (χ0v) is 21.2. The predicted octanol–water partition coefficient (Wildman–Crippen LogP) is 4.47. The number of hydrogen-bond acceptors (Lipinski definition) is 8. The maximum Gasteiger partial charge on any atom is 0.359 e. The van der Waals surface area contributed by atoms with Gasteiger partial charge in [-0.05, 0) is 66.3 Å². The molecule has 2 heterocycles. The van der Waals surface area contributed by atoms with Crippen molar-refractivity contribution in [3.8, 4) is 11.5 Å². The highest BCUT2D eigenvalue weighted by atomic mass is 16.5. The zero-order chi connectivity index (χ0) is 26.5. The number of nitrogens with zero attached hydrogens (tertiary/aromatic N) is 4. The SMILES string of the molecule is COc1ccc(/C=C2/CCC[C@H]3C2=NN(C(=O)COC(=O)c2cnccn2)[C@@H]3c2ccc(OC)cc2)cc1. The van der Waals surface area contributed by atoms with Gasteiger partial charge in [-0.1, -0.05) is 24.3 Å². The predicted molar refractivity (Wildman–Crippen MR) is 141 cm³/mol. The molecule has 9 heteroatoms. The zero-order valence-electron chi connectivity index (χ0n) is 21.2. The summed E-state index contributed by atoms with van der Waals surface area (Å²) in [5.41, 5.74) is 4.00. The number of carbonyl (C=O) groups is 2. The number of ether oxygens (including phenoxy) is 3. The molecule has 1 fully saturated rings. The lowest BCUT2D eigenvalue weighted by atomic mass is 9.77. The van der Waals surface area contributed by atoms with Crippen molar-refractivity contribution in [3.05, 3.63) is 89.5 Å². The second-order valence-corrected chi connectivity index (χ2v) is 9.05. The third kappa shape index (κ3) is 5.27. The Hall–Kier alpha value is -4.53. The summed E-state index contributed by atoms with van der Waals surface area (Å²) in [4.78, 5) is 33.6. The third-order valence-corrected chi connectivity index (χ3v) is 6.77. The summed E-state index contributed by atoms with van der Waals surface area (Å²) in [6, 6.07) is 15.2. The van der Waals surface area contributed by atoms with Crippen LogP contribution in [0.5, 0.6) is 11.5 Å². The van der Waals surface area contributed by atoms with Crippen LogP contribution in [0.1, 0.15) is 46.9 Å². The van der Waals surface area contributed by atoms with Crippen molar-refractivity contribution in [2.24, 2.45) is 11.0 Å². The van der Waals surface area contributed by atoms with Gasteiger partial charge in [-0.25, -0.2) is 14.8 Å². The number of amides is 1. The number of carbonyl (C=O) groups excluding carboxylic acids is 2. The number of allylic oxidation sites excluding steroid dienone is 1. The second-order valence-electron chi connectivity index (χ2n) is 9.05. The second kappa shape index (κ2) is 11.2. The van der Waals surface area contributed by atoms with Crippen LogP contribution in [0.15, 0.2) is 77.8 Å². The highest BCUT2D eigenvalue weighted by molar-refractivity contribution is 6.08. The molecule has 1 amide bonds. The Labute approximate surface area is 220 Å². The molecule has 0 saturated heterocycles. The first-order valence-electron chi connectivity index (χ1n) is 12.4. The minimum absolute atomic E-state index is 0.0151. The molecule has 5 rings (SSSR count). The van der Waals surface area contributed by atoms with Gasteiger partial charge >= 0.3 is 5.97 Å². The van der Waals surface area contributed by atoms with Crippen LogP contribution in [0.4, 0.5) is 0 Å². The monoisotopic (exact) mass is 512 g/mol. The Morgan fingerprint density at radius 1 is 1.00 bits per heavy atom. The normalized spacial score (nSPS) is 19.5. The Morgan fingerprint density at radius 2 is 1.71 bits per heavy atom. The summed E-state index contributed by atoms with van der Waals surface area (Å²) >= 11 is 0. The first-order valence-corrected chi connectivity index (χ1v) is 12.4. The molecule has 2 aliphatic rings. The summed E-state index contributed by atoms with van der Waals surface area (Å²) in [5.74, 6) is 0.415. The van der Waals surface area contributed by atoms with Crippen LogP contribution in [0, 0.1) is 5.92 Å². The van der Waals surface area contributed by atoms with Crippen molar-refractivity contribution < 1.29 is 23.8 Å². The fourth-order valence-electron chi connectivity index (χ4n) is 4.91. The van der Waals surface area contributed by atoms with Crippen molar-refractivity contribution in [2.75, 3.05) is 20.8 Å². The topological polar surface area (TPSA) is 103 Å². The largest absolute Gasteiger partial charge is 0.497 e. The third-order valence-electron chi connectivity index (χ3n) is 6.77. The molecule has 38 heavy (non-hydrogen) atoms. The summed E-state index contributed by atoms with van der Waals surface area (Å²) in [6.07, 6.45) is 9.00. The summed E-state index contributed by atoms with van der Waals surface area (Å²) in [5, 5.41) is 6.30. The molecular formula is C29H28N4O5. The van der Waals surface area contributed by atoms with E-state index in [1.165, 1.54) is 23.6 Å². The fourth-order valence-corrected chi connectivity index (χ4v) is 4.91. The maximum absolute atomic E-state index is 13.4. The molecule has 2 atom stereocenters. The number of methoxy groups -OCH3 is 2. The van der Waals surface area contributed by atoms with E-state index in [-0.39, 0.29) is 17.7 Å². The van der Waals surface area contributed by atoms with Gasteiger partial charge in [0.2, 0.25) is 0 Å². The summed E-state index contributed by atoms with van der Waals surface area (Å²) < 4.78 is 15.9. The molecule has 3 aromatic rings. The minimum Gasteiger partial charge on any atom is -0.497 e. The molecule has 1 aliphatic carbocycles. The lowest BCUT2D eigenvalue weighted by Crippen LogP contribution is -2.34.